The Balaban J connectivity index is 1.77. The summed E-state index contributed by atoms with van der Waals surface area (Å²) < 4.78 is 5.48. The van der Waals surface area contributed by atoms with Gasteiger partial charge in [0.25, 0.3) is 12.3 Å². The maximum atomic E-state index is 13.9. The normalized spacial score (nSPS) is 30.9. The van der Waals surface area contributed by atoms with Crippen LogP contribution in [0.2, 0.25) is 0 Å². The Kier molecular flexibility index (Phi) is 5.15. The number of aliphatic hydroxyl groups excluding tert-OH is 3. The van der Waals surface area contributed by atoms with Crippen LogP contribution in [0.15, 0.2) is 23.0 Å². The smallest absolute Gasteiger partial charge is 0.279 e. The number of likely N-dealkylation sites (N-methyl/N-ethyl adjacent to an activating group) is 1. The van der Waals surface area contributed by atoms with Crippen molar-refractivity contribution in [2.24, 2.45) is 17.6 Å². The van der Waals surface area contributed by atoms with Gasteiger partial charge >= 0.3 is 0 Å². The average molecular weight is 501 g/mol. The number of ether oxygens (including phenoxy) is 1. The Labute approximate surface area is 206 Å². The number of anilines is 2. The van der Waals surface area contributed by atoms with Gasteiger partial charge in [0.2, 0.25) is 5.78 Å². The first-order chi connectivity index (χ1) is 16.8. The first-order valence-corrected chi connectivity index (χ1v) is 11.4. The summed E-state index contributed by atoms with van der Waals surface area (Å²) in [7, 11) is 6.75. The molecule has 3 aliphatic carbocycles. The van der Waals surface area contributed by atoms with E-state index in [0.717, 1.165) is 5.69 Å². The Morgan fingerprint density at radius 2 is 1.89 bits per heavy atom. The molecule has 4 aliphatic rings. The summed E-state index contributed by atoms with van der Waals surface area (Å²) in [6, 6.07) is 0.655. The van der Waals surface area contributed by atoms with Crippen LogP contribution in [0.3, 0.4) is 0 Å². The summed E-state index contributed by atoms with van der Waals surface area (Å²) in [6.45, 7) is 0. The van der Waals surface area contributed by atoms with Gasteiger partial charge in [0, 0.05) is 31.3 Å². The molecule has 5 atom stereocenters. The zero-order valence-electron chi connectivity index (χ0n) is 20.2. The van der Waals surface area contributed by atoms with Gasteiger partial charge in [-0.25, -0.2) is 0 Å². The van der Waals surface area contributed by atoms with Crippen LogP contribution in [-0.2, 0) is 20.8 Å². The maximum absolute atomic E-state index is 13.9. The highest BCUT2D eigenvalue weighted by atomic mass is 16.6. The number of carbonyl (C=O) groups is 3. The molecule has 0 radical (unpaired) electrons. The molecule has 0 spiro atoms. The molecule has 1 aliphatic heterocycles. The fraction of sp³-hybridized carbons (Fsp3) is 0.458. The number of primary amides is 1. The number of carbonyl (C=O) groups excluding carboxylic acids is 3. The lowest BCUT2D eigenvalue weighted by atomic mass is 9.57. The average Bonchev–Trinajstić information content (AvgIpc) is 3.14. The second-order valence-corrected chi connectivity index (χ2v) is 10.1. The van der Waals surface area contributed by atoms with Gasteiger partial charge in [0.1, 0.15) is 17.1 Å². The van der Waals surface area contributed by atoms with E-state index in [2.05, 4.69) is 5.32 Å². The Morgan fingerprint density at radius 3 is 2.47 bits per heavy atom. The van der Waals surface area contributed by atoms with Gasteiger partial charge in [0.15, 0.2) is 17.1 Å². The van der Waals surface area contributed by atoms with Crippen LogP contribution in [0.4, 0.5) is 11.4 Å². The number of aliphatic hydroxyl groups is 4. The molecule has 3 unspecified atom stereocenters. The lowest BCUT2D eigenvalue weighted by Gasteiger charge is -2.50. The molecule has 1 amide bonds. The van der Waals surface area contributed by atoms with E-state index < -0.39 is 64.5 Å². The summed E-state index contributed by atoms with van der Waals surface area (Å²) in [5, 5.41) is 46.8. The molecule has 36 heavy (non-hydrogen) atoms. The molecule has 1 aromatic rings. The number of nitrogens with one attached hydrogen (secondary N) is 1. The van der Waals surface area contributed by atoms with E-state index in [0.29, 0.717) is 11.3 Å². The Morgan fingerprint density at radius 1 is 1.22 bits per heavy atom. The predicted octanol–water partition coefficient (Wildman–Crippen LogP) is -0.595. The van der Waals surface area contributed by atoms with E-state index in [1.165, 1.54) is 4.90 Å². The molecule has 0 bridgehead atoms. The van der Waals surface area contributed by atoms with Crippen molar-refractivity contribution >= 4 is 34.6 Å². The second kappa shape index (κ2) is 7.69. The molecule has 5 rings (SSSR count). The number of rotatable bonds is 3. The van der Waals surface area contributed by atoms with Crippen molar-refractivity contribution in [3.63, 3.8) is 0 Å². The monoisotopic (exact) mass is 500 g/mol. The molecule has 1 aromatic carbocycles. The Hall–Kier alpha value is -3.61. The molecule has 1 saturated carbocycles. The molecule has 1 heterocycles. The van der Waals surface area contributed by atoms with Crippen molar-refractivity contribution in [2.75, 3.05) is 38.4 Å². The van der Waals surface area contributed by atoms with E-state index in [9.17, 15) is 34.8 Å². The third-order valence-corrected chi connectivity index (χ3v) is 7.67. The number of hydrogen-bond donors (Lipinski definition) is 6. The predicted molar refractivity (Wildman–Crippen MR) is 127 cm³/mol. The van der Waals surface area contributed by atoms with Gasteiger partial charge in [0.05, 0.1) is 17.3 Å². The van der Waals surface area contributed by atoms with Crippen molar-refractivity contribution < 1.29 is 39.5 Å². The van der Waals surface area contributed by atoms with E-state index in [4.69, 9.17) is 10.5 Å². The lowest BCUT2D eigenvalue weighted by Crippen LogP contribution is -2.65. The highest BCUT2D eigenvalue weighted by Crippen LogP contribution is 2.55. The number of Topliss-reactive ketones (excluding diaryl/α,β-unsaturated/α-hetero) is 2. The summed E-state index contributed by atoms with van der Waals surface area (Å²) in [5.74, 6) is -6.17. The van der Waals surface area contributed by atoms with Crippen LogP contribution in [0.25, 0.3) is 5.76 Å². The quantitative estimate of drug-likeness (QED) is 0.291. The highest BCUT2D eigenvalue weighted by molar-refractivity contribution is 6.24. The third-order valence-electron chi connectivity index (χ3n) is 7.67. The van der Waals surface area contributed by atoms with Gasteiger partial charge in [-0.15, -0.1) is 0 Å². The number of amides is 1. The number of benzene rings is 1. The summed E-state index contributed by atoms with van der Waals surface area (Å²) in [4.78, 5) is 42.4. The first-order valence-electron chi connectivity index (χ1n) is 11.4. The standard InChI is InChI=1S/C24H28N4O8/c1-27(2)12-7-11-19(36-23(34)26-11)14-9(12)5-8-6-10-16(28(3)4)18(30)15(22(25)33)21(32)24(10,35)20(31)13(8)17(14)29/h7-8,10,16,23,26,29,32,34-35H,5-6H2,1-4H3,(H2,25,33)/t8?,10-,16?,23?,24-/m0/s1. The number of nitrogens with two attached hydrogens (primary N) is 1. The molecule has 7 N–H and O–H groups in total. The van der Waals surface area contributed by atoms with Crippen LogP contribution in [-0.4, -0.2) is 89.0 Å². The van der Waals surface area contributed by atoms with Crippen molar-refractivity contribution in [1.82, 2.24) is 4.90 Å². The topological polar surface area (TPSA) is 186 Å². The van der Waals surface area contributed by atoms with Gasteiger partial charge < -0.3 is 41.1 Å². The SMILES string of the molecule is CN(C)c1cc2c(c3c1CC1C[C@H]4C(N(C)C)C(=O)C(C(N)=O)=C(O)[C@@]4(O)C(=O)C1=C3O)OC(O)N2. The van der Waals surface area contributed by atoms with Crippen LogP contribution in [0.1, 0.15) is 17.5 Å². The molecule has 12 heteroatoms. The highest BCUT2D eigenvalue weighted by Gasteiger charge is 2.64. The van der Waals surface area contributed by atoms with E-state index in [1.807, 2.05) is 19.0 Å². The van der Waals surface area contributed by atoms with E-state index in [-0.39, 0.29) is 29.7 Å². The van der Waals surface area contributed by atoms with Gasteiger partial charge in [-0.1, -0.05) is 0 Å². The zero-order valence-corrected chi connectivity index (χ0v) is 20.2. The minimum Gasteiger partial charge on any atom is -0.508 e. The molecule has 12 nitrogen and oxygen atoms in total. The molecule has 1 fully saturated rings. The maximum Gasteiger partial charge on any atom is 0.279 e. The number of hydrogen-bond acceptors (Lipinski definition) is 11. The van der Waals surface area contributed by atoms with E-state index >= 15 is 0 Å². The zero-order chi connectivity index (χ0) is 26.4. The van der Waals surface area contributed by atoms with E-state index in [1.54, 1.807) is 20.2 Å². The fourth-order valence-electron chi connectivity index (χ4n) is 6.18. The summed E-state index contributed by atoms with van der Waals surface area (Å²) in [5.41, 5.74) is 3.70. The largest absolute Gasteiger partial charge is 0.508 e. The number of ketones is 2. The summed E-state index contributed by atoms with van der Waals surface area (Å²) in [6.07, 6.45) is -1.05. The fourth-order valence-corrected chi connectivity index (χ4v) is 6.18. The van der Waals surface area contributed by atoms with Crippen LogP contribution in [0.5, 0.6) is 5.75 Å². The minimum absolute atomic E-state index is 0.0530. The van der Waals surface area contributed by atoms with Crippen LogP contribution < -0.4 is 20.7 Å². The second-order valence-electron chi connectivity index (χ2n) is 10.1. The van der Waals surface area contributed by atoms with Gasteiger partial charge in [-0.3, -0.25) is 19.3 Å². The number of fused-ring (bicyclic) bond motifs is 5. The molecule has 0 aromatic heterocycles. The van der Waals surface area contributed by atoms with Crippen LogP contribution >= 0.6 is 0 Å². The van der Waals surface area contributed by atoms with Crippen molar-refractivity contribution in [1.29, 1.82) is 0 Å². The number of nitrogens with zero attached hydrogens (tertiary/aromatic N) is 2. The van der Waals surface area contributed by atoms with Crippen molar-refractivity contribution in [2.45, 2.75) is 30.9 Å². The summed E-state index contributed by atoms with van der Waals surface area (Å²) >= 11 is 0. The van der Waals surface area contributed by atoms with Gasteiger partial charge in [-0.2, -0.15) is 0 Å². The first kappa shape index (κ1) is 24.1. The van der Waals surface area contributed by atoms with Crippen molar-refractivity contribution in [3.8, 4) is 5.75 Å². The molecular formula is C24H28N4O8. The Bertz CT molecular complexity index is 1300. The third kappa shape index (κ3) is 2.95. The molecule has 192 valence electrons. The molecule has 0 saturated heterocycles. The minimum atomic E-state index is -2.65. The van der Waals surface area contributed by atoms with Crippen molar-refractivity contribution in [3.05, 3.63) is 34.1 Å². The lowest BCUT2D eigenvalue weighted by molar-refractivity contribution is -0.153. The van der Waals surface area contributed by atoms with Gasteiger partial charge in [-0.05, 0) is 44.5 Å². The molecular weight excluding hydrogens is 472 g/mol. The van der Waals surface area contributed by atoms with Crippen LogP contribution in [0, 0.1) is 11.8 Å².